The molecule has 1 atom stereocenters. The molecule has 128 valence electrons. The Bertz CT molecular complexity index is 748. The van der Waals surface area contributed by atoms with Crippen molar-refractivity contribution in [1.29, 1.82) is 0 Å². The van der Waals surface area contributed by atoms with Crippen LogP contribution in [0.2, 0.25) is 0 Å². The second kappa shape index (κ2) is 7.17. The lowest BCUT2D eigenvalue weighted by atomic mass is 10.0. The van der Waals surface area contributed by atoms with Crippen molar-refractivity contribution < 1.29 is 4.79 Å². The Hall–Kier alpha value is -2.15. The van der Waals surface area contributed by atoms with Crippen LogP contribution in [0.15, 0.2) is 34.7 Å². The molecule has 3 heterocycles. The first-order chi connectivity index (χ1) is 11.6. The van der Waals surface area contributed by atoms with Gasteiger partial charge in [0.05, 0.1) is 5.92 Å². The van der Waals surface area contributed by atoms with Crippen molar-refractivity contribution in [2.75, 3.05) is 18.0 Å². The van der Waals surface area contributed by atoms with Crippen molar-refractivity contribution in [3.8, 4) is 0 Å². The monoisotopic (exact) mass is 346 g/mol. The SMILES string of the molecule is C[C@H](C(=O)NC1CCN(c2nccn(C)c2=O)CC1)c1cccs1. The van der Waals surface area contributed by atoms with Gasteiger partial charge in [-0.05, 0) is 31.2 Å². The van der Waals surface area contributed by atoms with E-state index in [9.17, 15) is 9.59 Å². The molecule has 3 rings (SSSR count). The number of thiophene rings is 1. The highest BCUT2D eigenvalue weighted by Gasteiger charge is 2.25. The first-order valence-corrected chi connectivity index (χ1v) is 9.04. The number of anilines is 1. The number of piperidine rings is 1. The van der Waals surface area contributed by atoms with E-state index in [-0.39, 0.29) is 23.4 Å². The number of aromatic nitrogens is 2. The predicted molar refractivity (Wildman–Crippen MR) is 95.6 cm³/mol. The number of amides is 1. The van der Waals surface area contributed by atoms with E-state index in [1.807, 2.05) is 29.3 Å². The third kappa shape index (κ3) is 3.51. The molecule has 0 spiro atoms. The molecule has 0 bridgehead atoms. The minimum absolute atomic E-state index is 0.0737. The maximum atomic E-state index is 12.4. The zero-order valence-electron chi connectivity index (χ0n) is 13.9. The van der Waals surface area contributed by atoms with Crippen LogP contribution < -0.4 is 15.8 Å². The second-order valence-electron chi connectivity index (χ2n) is 6.17. The first kappa shape index (κ1) is 16.7. The lowest BCUT2D eigenvalue weighted by Crippen LogP contribution is -2.47. The average Bonchev–Trinajstić information content (AvgIpc) is 3.12. The molecule has 1 aliphatic heterocycles. The maximum absolute atomic E-state index is 12.4. The Morgan fingerprint density at radius 3 is 2.83 bits per heavy atom. The molecule has 0 unspecified atom stereocenters. The summed E-state index contributed by atoms with van der Waals surface area (Å²) < 4.78 is 1.54. The molecule has 1 saturated heterocycles. The van der Waals surface area contributed by atoms with Gasteiger partial charge in [-0.3, -0.25) is 9.59 Å². The summed E-state index contributed by atoms with van der Waals surface area (Å²) in [6, 6.07) is 4.12. The van der Waals surface area contributed by atoms with E-state index in [2.05, 4.69) is 10.3 Å². The molecule has 1 aliphatic rings. The lowest BCUT2D eigenvalue weighted by molar-refractivity contribution is -0.123. The van der Waals surface area contributed by atoms with Gasteiger partial charge < -0.3 is 14.8 Å². The molecule has 7 heteroatoms. The van der Waals surface area contributed by atoms with E-state index in [1.165, 1.54) is 0 Å². The summed E-state index contributed by atoms with van der Waals surface area (Å²) in [7, 11) is 1.73. The van der Waals surface area contributed by atoms with E-state index in [0.717, 1.165) is 30.8 Å². The molecular weight excluding hydrogens is 324 g/mol. The minimum Gasteiger partial charge on any atom is -0.353 e. The van der Waals surface area contributed by atoms with Crippen LogP contribution in [0.3, 0.4) is 0 Å². The van der Waals surface area contributed by atoms with Gasteiger partial charge in [-0.15, -0.1) is 11.3 Å². The smallest absolute Gasteiger partial charge is 0.293 e. The molecule has 0 saturated carbocycles. The number of carbonyl (C=O) groups excluding carboxylic acids is 1. The van der Waals surface area contributed by atoms with Crippen LogP contribution in [0, 0.1) is 0 Å². The van der Waals surface area contributed by atoms with E-state index in [4.69, 9.17) is 0 Å². The number of rotatable bonds is 4. The molecule has 0 aromatic carbocycles. The number of nitrogens with one attached hydrogen (secondary N) is 1. The molecule has 24 heavy (non-hydrogen) atoms. The van der Waals surface area contributed by atoms with Crippen molar-refractivity contribution in [2.24, 2.45) is 7.05 Å². The molecule has 1 N–H and O–H groups in total. The zero-order valence-corrected chi connectivity index (χ0v) is 14.8. The van der Waals surface area contributed by atoms with Crippen LogP contribution in [0.1, 0.15) is 30.6 Å². The summed E-state index contributed by atoms with van der Waals surface area (Å²) in [5, 5.41) is 5.13. The summed E-state index contributed by atoms with van der Waals surface area (Å²) in [5.74, 6) is 0.451. The van der Waals surface area contributed by atoms with E-state index in [1.54, 1.807) is 35.3 Å². The Labute approximate surface area is 145 Å². The van der Waals surface area contributed by atoms with Crippen LogP contribution in [0.4, 0.5) is 5.82 Å². The van der Waals surface area contributed by atoms with E-state index in [0.29, 0.717) is 5.82 Å². The van der Waals surface area contributed by atoms with Gasteiger partial charge in [0, 0.05) is 43.4 Å². The minimum atomic E-state index is -0.119. The van der Waals surface area contributed by atoms with Crippen LogP contribution in [-0.4, -0.2) is 34.6 Å². The molecular formula is C17H22N4O2S. The van der Waals surface area contributed by atoms with E-state index < -0.39 is 0 Å². The highest BCUT2D eigenvalue weighted by molar-refractivity contribution is 7.10. The van der Waals surface area contributed by atoms with Gasteiger partial charge in [-0.2, -0.15) is 0 Å². The molecule has 0 radical (unpaired) electrons. The van der Waals surface area contributed by atoms with Crippen molar-refractivity contribution in [2.45, 2.75) is 31.7 Å². The fourth-order valence-electron chi connectivity index (χ4n) is 2.93. The van der Waals surface area contributed by atoms with Crippen LogP contribution in [-0.2, 0) is 11.8 Å². The van der Waals surface area contributed by atoms with Crippen molar-refractivity contribution in [1.82, 2.24) is 14.9 Å². The maximum Gasteiger partial charge on any atom is 0.293 e. The predicted octanol–water partition coefficient (Wildman–Crippen LogP) is 1.73. The highest BCUT2D eigenvalue weighted by Crippen LogP contribution is 2.22. The Balaban J connectivity index is 1.56. The normalized spacial score (nSPS) is 16.8. The standard InChI is InChI=1S/C17H22N4O2S/c1-12(14-4-3-11-24-14)16(22)19-13-5-8-21(9-6-13)15-17(23)20(2)10-7-18-15/h3-4,7,10-13H,5-6,8-9H2,1-2H3,(H,19,22)/t12-/m0/s1. The molecule has 1 fully saturated rings. The van der Waals surface area contributed by atoms with Gasteiger partial charge in [0.25, 0.3) is 5.56 Å². The molecule has 2 aromatic heterocycles. The van der Waals surface area contributed by atoms with Crippen LogP contribution in [0.5, 0.6) is 0 Å². The summed E-state index contributed by atoms with van der Waals surface area (Å²) in [4.78, 5) is 31.8. The number of hydrogen-bond acceptors (Lipinski definition) is 5. The summed E-state index contributed by atoms with van der Waals surface area (Å²) >= 11 is 1.61. The summed E-state index contributed by atoms with van der Waals surface area (Å²) in [5.41, 5.74) is -0.0775. The van der Waals surface area contributed by atoms with Gasteiger partial charge in [-0.1, -0.05) is 6.07 Å². The van der Waals surface area contributed by atoms with Gasteiger partial charge in [0.15, 0.2) is 5.82 Å². The zero-order chi connectivity index (χ0) is 17.1. The lowest BCUT2D eigenvalue weighted by Gasteiger charge is -2.33. The van der Waals surface area contributed by atoms with Crippen LogP contribution >= 0.6 is 11.3 Å². The third-order valence-corrected chi connectivity index (χ3v) is 5.56. The Morgan fingerprint density at radius 1 is 1.42 bits per heavy atom. The largest absolute Gasteiger partial charge is 0.353 e. The van der Waals surface area contributed by atoms with E-state index >= 15 is 0 Å². The fourth-order valence-corrected chi connectivity index (χ4v) is 3.71. The van der Waals surface area contributed by atoms with Gasteiger partial charge in [0.1, 0.15) is 0 Å². The number of hydrogen-bond donors (Lipinski definition) is 1. The molecule has 0 aliphatic carbocycles. The second-order valence-corrected chi connectivity index (χ2v) is 7.15. The topological polar surface area (TPSA) is 67.2 Å². The van der Waals surface area contributed by atoms with Gasteiger partial charge >= 0.3 is 0 Å². The summed E-state index contributed by atoms with van der Waals surface area (Å²) in [6.45, 7) is 3.39. The summed E-state index contributed by atoms with van der Waals surface area (Å²) in [6.07, 6.45) is 4.95. The van der Waals surface area contributed by atoms with Crippen LogP contribution in [0.25, 0.3) is 0 Å². The molecule has 1 amide bonds. The molecule has 2 aromatic rings. The van der Waals surface area contributed by atoms with Crippen molar-refractivity contribution in [3.05, 3.63) is 45.1 Å². The molecule has 6 nitrogen and oxygen atoms in total. The van der Waals surface area contributed by atoms with Crippen molar-refractivity contribution >= 4 is 23.1 Å². The number of carbonyl (C=O) groups is 1. The fraction of sp³-hybridized carbons (Fsp3) is 0.471. The average molecular weight is 346 g/mol. The van der Waals surface area contributed by atoms with Crippen molar-refractivity contribution in [3.63, 3.8) is 0 Å². The van der Waals surface area contributed by atoms with Gasteiger partial charge in [-0.25, -0.2) is 4.98 Å². The van der Waals surface area contributed by atoms with Gasteiger partial charge in [0.2, 0.25) is 5.91 Å². The third-order valence-electron chi connectivity index (χ3n) is 4.50. The number of aryl methyl sites for hydroxylation is 1. The Morgan fingerprint density at radius 2 is 2.17 bits per heavy atom. The Kier molecular flexibility index (Phi) is 4.99. The quantitative estimate of drug-likeness (QED) is 0.915. The first-order valence-electron chi connectivity index (χ1n) is 8.16. The highest BCUT2D eigenvalue weighted by atomic mass is 32.1. The number of nitrogens with zero attached hydrogens (tertiary/aromatic N) is 3.